The summed E-state index contributed by atoms with van der Waals surface area (Å²) < 4.78 is 0. The van der Waals surface area contributed by atoms with Gasteiger partial charge in [-0.2, -0.15) is 0 Å². The summed E-state index contributed by atoms with van der Waals surface area (Å²) in [6.45, 7) is 5.81. The van der Waals surface area contributed by atoms with Crippen LogP contribution in [0.15, 0.2) is 42.5 Å². The molecule has 0 aliphatic heterocycles. The number of nitrogens with one attached hydrogen (secondary N) is 1. The van der Waals surface area contributed by atoms with Gasteiger partial charge in [0.15, 0.2) is 0 Å². The van der Waals surface area contributed by atoms with Gasteiger partial charge in [0.25, 0.3) is 0 Å². The molecular formula is C20H23ClN2O2. The van der Waals surface area contributed by atoms with Crippen LogP contribution in [-0.4, -0.2) is 18.4 Å². The molecule has 0 aliphatic rings. The van der Waals surface area contributed by atoms with Gasteiger partial charge in [0.1, 0.15) is 0 Å². The Hall–Kier alpha value is -2.33. The Morgan fingerprint density at radius 1 is 1.12 bits per heavy atom. The molecule has 132 valence electrons. The second kappa shape index (κ2) is 8.67. The molecule has 0 saturated heterocycles. The predicted octanol–water partition coefficient (Wildman–Crippen LogP) is 4.59. The Morgan fingerprint density at radius 3 is 2.36 bits per heavy atom. The monoisotopic (exact) mass is 358 g/mol. The molecule has 0 saturated carbocycles. The van der Waals surface area contributed by atoms with Crippen molar-refractivity contribution in [3.05, 3.63) is 58.6 Å². The van der Waals surface area contributed by atoms with Crippen molar-refractivity contribution in [2.75, 3.05) is 16.8 Å². The van der Waals surface area contributed by atoms with Crippen molar-refractivity contribution in [1.82, 2.24) is 0 Å². The Bertz CT molecular complexity index is 757. The first-order valence-corrected chi connectivity index (χ1v) is 8.71. The lowest BCUT2D eigenvalue weighted by atomic mass is 10.1. The van der Waals surface area contributed by atoms with E-state index in [-0.39, 0.29) is 18.2 Å². The number of anilines is 2. The van der Waals surface area contributed by atoms with E-state index in [9.17, 15) is 9.59 Å². The number of halogens is 1. The zero-order valence-corrected chi connectivity index (χ0v) is 15.6. The minimum absolute atomic E-state index is 0.0836. The maximum absolute atomic E-state index is 12.2. The van der Waals surface area contributed by atoms with Crippen LogP contribution in [0.2, 0.25) is 5.02 Å². The molecule has 0 atom stereocenters. The van der Waals surface area contributed by atoms with Crippen LogP contribution in [0.5, 0.6) is 0 Å². The lowest BCUT2D eigenvalue weighted by Crippen LogP contribution is -2.32. The molecule has 2 aromatic rings. The molecule has 0 heterocycles. The summed E-state index contributed by atoms with van der Waals surface area (Å²) in [6, 6.07) is 13.2. The van der Waals surface area contributed by atoms with Crippen molar-refractivity contribution in [3.8, 4) is 0 Å². The van der Waals surface area contributed by atoms with Crippen molar-refractivity contribution in [2.24, 2.45) is 0 Å². The van der Waals surface area contributed by atoms with Crippen LogP contribution in [0, 0.1) is 6.92 Å². The van der Waals surface area contributed by atoms with Crippen LogP contribution in [0.4, 0.5) is 11.4 Å². The fourth-order valence-corrected chi connectivity index (χ4v) is 2.80. The van der Waals surface area contributed by atoms with Crippen molar-refractivity contribution < 1.29 is 9.59 Å². The average Bonchev–Trinajstić information content (AvgIpc) is 2.58. The minimum atomic E-state index is -0.137. The van der Waals surface area contributed by atoms with Crippen molar-refractivity contribution in [1.29, 1.82) is 0 Å². The molecule has 0 unspecified atom stereocenters. The zero-order chi connectivity index (χ0) is 18.4. The number of amides is 2. The lowest BCUT2D eigenvalue weighted by Gasteiger charge is -2.21. The number of hydrogen-bond acceptors (Lipinski definition) is 2. The molecule has 0 spiro atoms. The van der Waals surface area contributed by atoms with E-state index in [1.54, 1.807) is 23.1 Å². The van der Waals surface area contributed by atoms with Gasteiger partial charge in [-0.05, 0) is 54.8 Å². The van der Waals surface area contributed by atoms with Crippen LogP contribution in [0.3, 0.4) is 0 Å². The molecule has 2 aromatic carbocycles. The van der Waals surface area contributed by atoms with E-state index < -0.39 is 0 Å². The van der Waals surface area contributed by atoms with Gasteiger partial charge in [-0.25, -0.2) is 0 Å². The van der Waals surface area contributed by atoms with Crippen LogP contribution in [0.1, 0.15) is 31.4 Å². The predicted molar refractivity (Wildman–Crippen MR) is 103 cm³/mol. The van der Waals surface area contributed by atoms with Gasteiger partial charge >= 0.3 is 0 Å². The SMILES string of the molecule is CCc1ccc(N(CCC(=O)Nc2ccc(Cl)cc2C)C(C)=O)cc1. The maximum atomic E-state index is 12.2. The summed E-state index contributed by atoms with van der Waals surface area (Å²) in [6.07, 6.45) is 1.17. The second-order valence-electron chi connectivity index (χ2n) is 5.95. The highest BCUT2D eigenvalue weighted by atomic mass is 35.5. The number of nitrogens with zero attached hydrogens (tertiary/aromatic N) is 1. The summed E-state index contributed by atoms with van der Waals surface area (Å²) in [4.78, 5) is 25.8. The molecule has 2 rings (SSSR count). The number of benzene rings is 2. The van der Waals surface area contributed by atoms with Crippen LogP contribution in [0.25, 0.3) is 0 Å². The second-order valence-corrected chi connectivity index (χ2v) is 6.38. The smallest absolute Gasteiger partial charge is 0.226 e. The van der Waals surface area contributed by atoms with Gasteiger partial charge in [-0.1, -0.05) is 30.7 Å². The van der Waals surface area contributed by atoms with Crippen LogP contribution < -0.4 is 10.2 Å². The van der Waals surface area contributed by atoms with E-state index in [1.165, 1.54) is 12.5 Å². The summed E-state index contributed by atoms with van der Waals surface area (Å²) in [7, 11) is 0. The highest BCUT2D eigenvalue weighted by Gasteiger charge is 2.14. The van der Waals surface area contributed by atoms with E-state index in [1.807, 2.05) is 31.2 Å². The maximum Gasteiger partial charge on any atom is 0.226 e. The molecule has 0 fully saturated rings. The van der Waals surface area contributed by atoms with Gasteiger partial charge in [0, 0.05) is 36.3 Å². The molecule has 0 aliphatic carbocycles. The third-order valence-electron chi connectivity index (χ3n) is 4.06. The highest BCUT2D eigenvalue weighted by molar-refractivity contribution is 6.30. The fourth-order valence-electron chi connectivity index (χ4n) is 2.57. The van der Waals surface area contributed by atoms with E-state index in [2.05, 4.69) is 12.2 Å². The van der Waals surface area contributed by atoms with E-state index in [4.69, 9.17) is 11.6 Å². The summed E-state index contributed by atoms with van der Waals surface area (Å²) in [5.74, 6) is -0.221. The molecule has 25 heavy (non-hydrogen) atoms. The third kappa shape index (κ3) is 5.33. The van der Waals surface area contributed by atoms with E-state index >= 15 is 0 Å². The highest BCUT2D eigenvalue weighted by Crippen LogP contribution is 2.20. The largest absolute Gasteiger partial charge is 0.326 e. The Balaban J connectivity index is 2.00. The number of aryl methyl sites for hydroxylation is 2. The first-order chi connectivity index (χ1) is 11.9. The summed E-state index contributed by atoms with van der Waals surface area (Å²) in [5, 5.41) is 3.50. The zero-order valence-electron chi connectivity index (χ0n) is 14.8. The van der Waals surface area contributed by atoms with Gasteiger partial charge in [0.05, 0.1) is 0 Å². The van der Waals surface area contributed by atoms with Gasteiger partial charge < -0.3 is 10.2 Å². The number of carbonyl (C=O) groups excluding carboxylic acids is 2. The third-order valence-corrected chi connectivity index (χ3v) is 4.30. The Labute approximate surface area is 153 Å². The Morgan fingerprint density at radius 2 is 1.80 bits per heavy atom. The topological polar surface area (TPSA) is 49.4 Å². The Kier molecular flexibility index (Phi) is 6.59. The van der Waals surface area contributed by atoms with Gasteiger partial charge in [-0.15, -0.1) is 0 Å². The van der Waals surface area contributed by atoms with Crippen LogP contribution in [-0.2, 0) is 16.0 Å². The van der Waals surface area contributed by atoms with Gasteiger partial charge in [0.2, 0.25) is 11.8 Å². The molecule has 0 radical (unpaired) electrons. The van der Waals surface area contributed by atoms with E-state index in [0.29, 0.717) is 11.6 Å². The summed E-state index contributed by atoms with van der Waals surface area (Å²) in [5.41, 5.74) is 3.65. The molecule has 0 aromatic heterocycles. The van der Waals surface area contributed by atoms with Gasteiger partial charge in [-0.3, -0.25) is 9.59 Å². The van der Waals surface area contributed by atoms with Crippen molar-refractivity contribution in [2.45, 2.75) is 33.6 Å². The number of carbonyl (C=O) groups is 2. The van der Waals surface area contributed by atoms with Crippen molar-refractivity contribution >= 4 is 34.8 Å². The molecule has 4 nitrogen and oxygen atoms in total. The molecule has 5 heteroatoms. The fraction of sp³-hybridized carbons (Fsp3) is 0.300. The average molecular weight is 359 g/mol. The molecule has 1 N–H and O–H groups in total. The quantitative estimate of drug-likeness (QED) is 0.820. The first kappa shape index (κ1) is 19.0. The van der Waals surface area contributed by atoms with Crippen LogP contribution >= 0.6 is 11.6 Å². The number of hydrogen-bond donors (Lipinski definition) is 1. The number of rotatable bonds is 6. The normalized spacial score (nSPS) is 10.4. The van der Waals surface area contributed by atoms with E-state index in [0.717, 1.165) is 23.4 Å². The lowest BCUT2D eigenvalue weighted by molar-refractivity contribution is -0.117. The first-order valence-electron chi connectivity index (χ1n) is 8.33. The standard InChI is InChI=1S/C20H23ClN2O2/c1-4-16-5-8-18(9-6-16)23(15(3)24)12-11-20(25)22-19-10-7-17(21)13-14(19)2/h5-10,13H,4,11-12H2,1-3H3,(H,22,25). The summed E-state index contributed by atoms with van der Waals surface area (Å²) >= 11 is 5.92. The molecule has 0 bridgehead atoms. The minimum Gasteiger partial charge on any atom is -0.326 e. The molecular weight excluding hydrogens is 336 g/mol. The van der Waals surface area contributed by atoms with Crippen molar-refractivity contribution in [3.63, 3.8) is 0 Å². The molecule has 2 amide bonds.